The molecule has 2 rings (SSSR count). The number of aryl methyl sites for hydroxylation is 1. The molecule has 4 nitrogen and oxygen atoms in total. The molecule has 1 aromatic rings. The van der Waals surface area contributed by atoms with Gasteiger partial charge in [-0.05, 0) is 43.0 Å². The van der Waals surface area contributed by atoms with Gasteiger partial charge < -0.3 is 14.7 Å². The number of nitrogens with zero attached hydrogens (tertiary/aromatic N) is 1. The van der Waals surface area contributed by atoms with Crippen LogP contribution in [0.2, 0.25) is 0 Å². The van der Waals surface area contributed by atoms with Crippen molar-refractivity contribution in [3.8, 4) is 5.75 Å². The molecule has 18 heavy (non-hydrogen) atoms. The van der Waals surface area contributed by atoms with Crippen LogP contribution in [0.3, 0.4) is 0 Å². The molecule has 0 aromatic heterocycles. The molecular formula is C14H19NO3. The minimum Gasteiger partial charge on any atom is -0.496 e. The van der Waals surface area contributed by atoms with Crippen LogP contribution in [0.15, 0.2) is 18.2 Å². The highest BCUT2D eigenvalue weighted by atomic mass is 16.5. The lowest BCUT2D eigenvalue weighted by Crippen LogP contribution is -2.17. The van der Waals surface area contributed by atoms with Crippen molar-refractivity contribution in [2.45, 2.75) is 25.7 Å². The number of aliphatic carboxylic acids is 1. The first kappa shape index (κ1) is 12.7. The summed E-state index contributed by atoms with van der Waals surface area (Å²) in [4.78, 5) is 13.0. The van der Waals surface area contributed by atoms with E-state index in [9.17, 15) is 4.79 Å². The molecular weight excluding hydrogens is 230 g/mol. The third-order valence-corrected chi connectivity index (χ3v) is 3.34. The van der Waals surface area contributed by atoms with E-state index in [0.29, 0.717) is 6.42 Å². The van der Waals surface area contributed by atoms with Gasteiger partial charge in [-0.2, -0.15) is 0 Å². The molecule has 0 spiro atoms. The summed E-state index contributed by atoms with van der Waals surface area (Å²) < 4.78 is 5.28. The molecule has 1 aliphatic heterocycles. The van der Waals surface area contributed by atoms with Gasteiger partial charge in [0.2, 0.25) is 0 Å². The average molecular weight is 249 g/mol. The van der Waals surface area contributed by atoms with Crippen molar-refractivity contribution in [2.24, 2.45) is 0 Å². The quantitative estimate of drug-likeness (QED) is 0.870. The fourth-order valence-electron chi connectivity index (χ4n) is 2.37. The van der Waals surface area contributed by atoms with E-state index >= 15 is 0 Å². The third kappa shape index (κ3) is 2.94. The Morgan fingerprint density at radius 3 is 2.72 bits per heavy atom. The van der Waals surface area contributed by atoms with Crippen LogP contribution in [0.5, 0.6) is 5.75 Å². The summed E-state index contributed by atoms with van der Waals surface area (Å²) in [7, 11) is 1.62. The number of hydrogen-bond donors (Lipinski definition) is 1. The number of rotatable bonds is 5. The normalized spacial score (nSPS) is 14.8. The van der Waals surface area contributed by atoms with Crippen LogP contribution >= 0.6 is 0 Å². The molecule has 0 unspecified atom stereocenters. The molecule has 0 amide bonds. The van der Waals surface area contributed by atoms with Crippen LogP contribution in [-0.4, -0.2) is 31.3 Å². The number of benzene rings is 1. The first-order valence-corrected chi connectivity index (χ1v) is 6.34. The standard InChI is InChI=1S/C14H19NO3/c1-18-13-6-5-12(15-8-2-3-9-15)10-11(13)4-7-14(16)17/h5-6,10H,2-4,7-9H2,1H3,(H,16,17). The number of carbonyl (C=O) groups is 1. The van der Waals surface area contributed by atoms with Crippen molar-refractivity contribution >= 4 is 11.7 Å². The van der Waals surface area contributed by atoms with Crippen molar-refractivity contribution in [2.75, 3.05) is 25.1 Å². The molecule has 0 bridgehead atoms. The zero-order chi connectivity index (χ0) is 13.0. The predicted octanol–water partition coefficient (Wildman–Crippen LogP) is 2.31. The fraction of sp³-hybridized carbons (Fsp3) is 0.500. The summed E-state index contributed by atoms with van der Waals surface area (Å²) in [6, 6.07) is 6.05. The van der Waals surface area contributed by atoms with E-state index in [1.165, 1.54) is 18.5 Å². The topological polar surface area (TPSA) is 49.8 Å². The monoisotopic (exact) mass is 249 g/mol. The van der Waals surface area contributed by atoms with E-state index in [0.717, 1.165) is 24.4 Å². The van der Waals surface area contributed by atoms with Gasteiger partial charge in [-0.1, -0.05) is 0 Å². The molecule has 1 heterocycles. The number of anilines is 1. The highest BCUT2D eigenvalue weighted by Crippen LogP contribution is 2.28. The maximum atomic E-state index is 10.7. The molecule has 0 aliphatic carbocycles. The van der Waals surface area contributed by atoms with E-state index in [2.05, 4.69) is 17.0 Å². The Hall–Kier alpha value is -1.71. The van der Waals surface area contributed by atoms with Crippen molar-refractivity contribution in [1.82, 2.24) is 0 Å². The van der Waals surface area contributed by atoms with Gasteiger partial charge in [0.1, 0.15) is 5.75 Å². The van der Waals surface area contributed by atoms with Crippen LogP contribution in [0.4, 0.5) is 5.69 Å². The van der Waals surface area contributed by atoms with Crippen LogP contribution < -0.4 is 9.64 Å². The number of ether oxygens (including phenoxy) is 1. The van der Waals surface area contributed by atoms with Crippen LogP contribution in [0, 0.1) is 0 Å². The minimum atomic E-state index is -0.774. The maximum absolute atomic E-state index is 10.7. The molecule has 0 saturated carbocycles. The Bertz CT molecular complexity index is 425. The van der Waals surface area contributed by atoms with Gasteiger partial charge in [0.25, 0.3) is 0 Å². The van der Waals surface area contributed by atoms with Crippen LogP contribution in [-0.2, 0) is 11.2 Å². The largest absolute Gasteiger partial charge is 0.496 e. The van der Waals surface area contributed by atoms with Crippen molar-refractivity contribution in [3.63, 3.8) is 0 Å². The highest BCUT2D eigenvalue weighted by Gasteiger charge is 2.14. The molecule has 1 fully saturated rings. The summed E-state index contributed by atoms with van der Waals surface area (Å²) in [6.07, 6.45) is 3.12. The summed E-state index contributed by atoms with van der Waals surface area (Å²) in [5, 5.41) is 8.77. The van der Waals surface area contributed by atoms with E-state index in [4.69, 9.17) is 9.84 Å². The third-order valence-electron chi connectivity index (χ3n) is 3.34. The van der Waals surface area contributed by atoms with Crippen molar-refractivity contribution in [1.29, 1.82) is 0 Å². The molecule has 1 saturated heterocycles. The molecule has 1 aliphatic rings. The zero-order valence-electron chi connectivity index (χ0n) is 10.7. The number of carboxylic acid groups (broad SMARTS) is 1. The first-order chi connectivity index (χ1) is 8.70. The van der Waals surface area contributed by atoms with Gasteiger partial charge in [-0.15, -0.1) is 0 Å². The van der Waals surface area contributed by atoms with Crippen LogP contribution in [0.1, 0.15) is 24.8 Å². The highest BCUT2D eigenvalue weighted by molar-refractivity contribution is 5.67. The number of methoxy groups -OCH3 is 1. The van der Waals surface area contributed by atoms with E-state index in [1.54, 1.807) is 7.11 Å². The lowest BCUT2D eigenvalue weighted by atomic mass is 10.1. The lowest BCUT2D eigenvalue weighted by Gasteiger charge is -2.19. The minimum absolute atomic E-state index is 0.139. The van der Waals surface area contributed by atoms with Crippen molar-refractivity contribution in [3.05, 3.63) is 23.8 Å². The number of carboxylic acids is 1. The Labute approximate surface area is 107 Å². The molecule has 0 atom stereocenters. The first-order valence-electron chi connectivity index (χ1n) is 6.34. The van der Waals surface area contributed by atoms with Crippen molar-refractivity contribution < 1.29 is 14.6 Å². The summed E-state index contributed by atoms with van der Waals surface area (Å²) in [5.41, 5.74) is 2.15. The number of hydrogen-bond acceptors (Lipinski definition) is 3. The van der Waals surface area contributed by atoms with Gasteiger partial charge in [0.15, 0.2) is 0 Å². The molecule has 0 radical (unpaired) electrons. The Morgan fingerprint density at radius 2 is 2.11 bits per heavy atom. The zero-order valence-corrected chi connectivity index (χ0v) is 10.7. The SMILES string of the molecule is COc1ccc(N2CCCC2)cc1CCC(=O)O. The predicted molar refractivity (Wildman–Crippen MR) is 70.4 cm³/mol. The summed E-state index contributed by atoms with van der Waals surface area (Å²) >= 11 is 0. The van der Waals surface area contributed by atoms with Gasteiger partial charge in [0, 0.05) is 25.2 Å². The molecule has 4 heteroatoms. The second kappa shape index (κ2) is 5.76. The maximum Gasteiger partial charge on any atom is 0.303 e. The second-order valence-electron chi connectivity index (χ2n) is 4.58. The lowest BCUT2D eigenvalue weighted by molar-refractivity contribution is -0.136. The smallest absolute Gasteiger partial charge is 0.303 e. The average Bonchev–Trinajstić information content (AvgIpc) is 2.89. The fourth-order valence-corrected chi connectivity index (χ4v) is 2.37. The van der Waals surface area contributed by atoms with E-state index in [-0.39, 0.29) is 6.42 Å². The van der Waals surface area contributed by atoms with E-state index < -0.39 is 5.97 Å². The van der Waals surface area contributed by atoms with Gasteiger partial charge in [-0.3, -0.25) is 4.79 Å². The summed E-state index contributed by atoms with van der Waals surface area (Å²) in [6.45, 7) is 2.18. The molecule has 1 aromatic carbocycles. The van der Waals surface area contributed by atoms with Gasteiger partial charge in [-0.25, -0.2) is 0 Å². The second-order valence-corrected chi connectivity index (χ2v) is 4.58. The molecule has 98 valence electrons. The molecule has 1 N–H and O–H groups in total. The Kier molecular flexibility index (Phi) is 4.07. The van der Waals surface area contributed by atoms with Gasteiger partial charge >= 0.3 is 5.97 Å². The Balaban J connectivity index is 2.17. The Morgan fingerprint density at radius 1 is 1.39 bits per heavy atom. The van der Waals surface area contributed by atoms with Crippen LogP contribution in [0.25, 0.3) is 0 Å². The summed E-state index contributed by atoms with van der Waals surface area (Å²) in [5.74, 6) is 0.00262. The van der Waals surface area contributed by atoms with Gasteiger partial charge in [0.05, 0.1) is 7.11 Å². The van der Waals surface area contributed by atoms with E-state index in [1.807, 2.05) is 6.07 Å².